The van der Waals surface area contributed by atoms with Gasteiger partial charge in [-0.05, 0) is 12.0 Å². The second-order valence-electron chi connectivity index (χ2n) is 6.17. The van der Waals surface area contributed by atoms with E-state index >= 15 is 0 Å². The lowest BCUT2D eigenvalue weighted by atomic mass is 9.81. The molecule has 0 aliphatic rings. The average Bonchev–Trinajstić information content (AvgIpc) is 2.52. The third kappa shape index (κ3) is 5.31. The molecule has 3 N–H and O–H groups in total. The van der Waals surface area contributed by atoms with E-state index in [1.54, 1.807) is 7.11 Å². The first-order valence-electron chi connectivity index (χ1n) is 7.66. The van der Waals surface area contributed by atoms with E-state index in [1.807, 2.05) is 51.1 Å². The fraction of sp³-hybridized carbons (Fsp3) is 0.588. The van der Waals surface area contributed by atoms with Gasteiger partial charge in [0.1, 0.15) is 0 Å². The van der Waals surface area contributed by atoms with E-state index < -0.39 is 5.41 Å². The van der Waals surface area contributed by atoms with Gasteiger partial charge in [0.15, 0.2) is 0 Å². The Morgan fingerprint density at radius 3 is 2.41 bits per heavy atom. The number of aliphatic hydroxyl groups excluding tert-OH is 1. The Morgan fingerprint density at radius 2 is 1.91 bits per heavy atom. The van der Waals surface area contributed by atoms with Crippen molar-refractivity contribution in [1.29, 1.82) is 0 Å². The molecule has 0 unspecified atom stereocenters. The highest BCUT2D eigenvalue weighted by Gasteiger charge is 2.31. The number of carbonyl (C=O) groups excluding carboxylic acids is 1. The largest absolute Gasteiger partial charge is 0.396 e. The molecule has 22 heavy (non-hydrogen) atoms. The number of ether oxygens (including phenoxy) is 1. The molecule has 1 aromatic carbocycles. The second kappa shape index (κ2) is 8.76. The number of amides is 2. The van der Waals surface area contributed by atoms with E-state index in [0.29, 0.717) is 6.61 Å². The summed E-state index contributed by atoms with van der Waals surface area (Å²) in [5, 5.41) is 15.5. The Balaban J connectivity index is 2.84. The van der Waals surface area contributed by atoms with Gasteiger partial charge in [-0.1, -0.05) is 51.1 Å². The highest BCUT2D eigenvalue weighted by atomic mass is 16.5. The van der Waals surface area contributed by atoms with Crippen molar-refractivity contribution < 1.29 is 14.6 Å². The zero-order chi connectivity index (χ0) is 16.6. The molecule has 1 rings (SSSR count). The van der Waals surface area contributed by atoms with Gasteiger partial charge in [-0.2, -0.15) is 0 Å². The first kappa shape index (κ1) is 18.5. The van der Waals surface area contributed by atoms with Gasteiger partial charge in [-0.15, -0.1) is 0 Å². The van der Waals surface area contributed by atoms with Crippen LogP contribution in [0.4, 0.5) is 4.79 Å². The van der Waals surface area contributed by atoms with E-state index in [4.69, 9.17) is 4.74 Å². The number of carbonyl (C=O) groups is 1. The number of urea groups is 1. The van der Waals surface area contributed by atoms with Crippen LogP contribution in [-0.2, 0) is 4.74 Å². The number of aliphatic hydroxyl groups is 1. The summed E-state index contributed by atoms with van der Waals surface area (Å²) >= 11 is 0. The lowest BCUT2D eigenvalue weighted by Crippen LogP contribution is -2.48. The molecule has 5 heteroatoms. The Bertz CT molecular complexity index is 448. The number of rotatable bonds is 8. The maximum atomic E-state index is 12.3. The third-order valence-corrected chi connectivity index (χ3v) is 3.79. The fourth-order valence-corrected chi connectivity index (χ4v) is 2.29. The van der Waals surface area contributed by atoms with Crippen molar-refractivity contribution in [3.8, 4) is 0 Å². The van der Waals surface area contributed by atoms with Crippen LogP contribution in [0.5, 0.6) is 0 Å². The van der Waals surface area contributed by atoms with Crippen LogP contribution in [0.1, 0.15) is 38.8 Å². The topological polar surface area (TPSA) is 70.6 Å². The lowest BCUT2D eigenvalue weighted by molar-refractivity contribution is 0.116. The van der Waals surface area contributed by atoms with Crippen molar-refractivity contribution in [2.75, 3.05) is 20.3 Å². The van der Waals surface area contributed by atoms with Gasteiger partial charge in [-0.3, -0.25) is 0 Å². The number of nitrogens with one attached hydrogen (secondary N) is 2. The highest BCUT2D eigenvalue weighted by molar-refractivity contribution is 5.75. The molecule has 0 saturated heterocycles. The zero-order valence-corrected chi connectivity index (χ0v) is 13.9. The van der Waals surface area contributed by atoms with Gasteiger partial charge in [0, 0.05) is 12.5 Å². The minimum absolute atomic E-state index is 0.0257. The SMILES string of the molecule is CC[C@H](COC)NC(=O)N[C@@H](c1ccccc1)C(C)(C)CO. The van der Waals surface area contributed by atoms with Gasteiger partial charge < -0.3 is 20.5 Å². The van der Waals surface area contributed by atoms with Crippen molar-refractivity contribution in [1.82, 2.24) is 10.6 Å². The molecule has 124 valence electrons. The predicted octanol–water partition coefficient (Wildman–Crippen LogP) is 2.47. The van der Waals surface area contributed by atoms with Crippen LogP contribution in [0.25, 0.3) is 0 Å². The quantitative estimate of drug-likeness (QED) is 0.691. The van der Waals surface area contributed by atoms with Gasteiger partial charge in [0.25, 0.3) is 0 Å². The first-order chi connectivity index (χ1) is 10.4. The standard InChI is InChI=1S/C17H28N2O3/c1-5-14(11-22-4)18-16(21)19-15(17(2,3)12-20)13-9-7-6-8-10-13/h6-10,14-15,20H,5,11-12H2,1-4H3,(H2,18,19,21)/t14-,15+/m1/s1. The van der Waals surface area contributed by atoms with Crippen LogP contribution in [0.2, 0.25) is 0 Å². The number of methoxy groups -OCH3 is 1. The van der Waals surface area contributed by atoms with Gasteiger partial charge in [0.05, 0.1) is 25.3 Å². The number of hydrogen-bond donors (Lipinski definition) is 3. The van der Waals surface area contributed by atoms with E-state index in [1.165, 1.54) is 0 Å². The van der Waals surface area contributed by atoms with Gasteiger partial charge in [0.2, 0.25) is 0 Å². The summed E-state index contributed by atoms with van der Waals surface area (Å²) < 4.78 is 5.09. The number of hydrogen-bond acceptors (Lipinski definition) is 3. The molecular weight excluding hydrogens is 280 g/mol. The predicted molar refractivity (Wildman–Crippen MR) is 87.7 cm³/mol. The average molecular weight is 308 g/mol. The molecule has 0 bridgehead atoms. The maximum absolute atomic E-state index is 12.3. The van der Waals surface area contributed by atoms with Crippen molar-refractivity contribution in [3.05, 3.63) is 35.9 Å². The van der Waals surface area contributed by atoms with Crippen molar-refractivity contribution in [2.45, 2.75) is 39.3 Å². The Hall–Kier alpha value is -1.59. The molecule has 2 atom stereocenters. The van der Waals surface area contributed by atoms with Crippen molar-refractivity contribution in [3.63, 3.8) is 0 Å². The molecule has 0 aliphatic carbocycles. The van der Waals surface area contributed by atoms with Crippen LogP contribution in [-0.4, -0.2) is 37.5 Å². The Labute approximate surface area is 133 Å². The molecule has 1 aromatic rings. The Kier molecular flexibility index (Phi) is 7.35. The summed E-state index contributed by atoms with van der Waals surface area (Å²) in [7, 11) is 1.61. The van der Waals surface area contributed by atoms with Crippen LogP contribution < -0.4 is 10.6 Å². The van der Waals surface area contributed by atoms with Crippen LogP contribution in [0.3, 0.4) is 0 Å². The van der Waals surface area contributed by atoms with E-state index in [9.17, 15) is 9.90 Å². The fourth-order valence-electron chi connectivity index (χ4n) is 2.29. The monoisotopic (exact) mass is 308 g/mol. The zero-order valence-electron chi connectivity index (χ0n) is 13.9. The summed E-state index contributed by atoms with van der Waals surface area (Å²) in [6.45, 7) is 6.30. The smallest absolute Gasteiger partial charge is 0.315 e. The summed E-state index contributed by atoms with van der Waals surface area (Å²) in [6.07, 6.45) is 0.792. The van der Waals surface area contributed by atoms with Gasteiger partial charge >= 0.3 is 6.03 Å². The summed E-state index contributed by atoms with van der Waals surface area (Å²) in [5.41, 5.74) is 0.498. The highest BCUT2D eigenvalue weighted by Crippen LogP contribution is 2.32. The molecule has 0 fully saturated rings. The minimum Gasteiger partial charge on any atom is -0.396 e. The normalized spacial score (nSPS) is 14.2. The van der Waals surface area contributed by atoms with E-state index in [0.717, 1.165) is 12.0 Å². The van der Waals surface area contributed by atoms with Gasteiger partial charge in [-0.25, -0.2) is 4.79 Å². The molecular formula is C17H28N2O3. The summed E-state index contributed by atoms with van der Waals surface area (Å²) in [4.78, 5) is 12.3. The maximum Gasteiger partial charge on any atom is 0.315 e. The lowest BCUT2D eigenvalue weighted by Gasteiger charge is -2.34. The second-order valence-corrected chi connectivity index (χ2v) is 6.17. The Morgan fingerprint density at radius 1 is 1.27 bits per heavy atom. The van der Waals surface area contributed by atoms with E-state index in [-0.39, 0.29) is 24.7 Å². The van der Waals surface area contributed by atoms with Crippen molar-refractivity contribution in [2.24, 2.45) is 5.41 Å². The minimum atomic E-state index is -0.471. The summed E-state index contributed by atoms with van der Waals surface area (Å²) in [5.74, 6) is 0. The molecule has 0 heterocycles. The van der Waals surface area contributed by atoms with E-state index in [2.05, 4.69) is 10.6 Å². The first-order valence-corrected chi connectivity index (χ1v) is 7.66. The van der Waals surface area contributed by atoms with Crippen LogP contribution in [0.15, 0.2) is 30.3 Å². The number of benzene rings is 1. The van der Waals surface area contributed by atoms with Crippen molar-refractivity contribution >= 4 is 6.03 Å². The molecule has 0 saturated carbocycles. The molecule has 2 amide bonds. The summed E-state index contributed by atoms with van der Waals surface area (Å²) in [6, 6.07) is 9.13. The van der Waals surface area contributed by atoms with Crippen LogP contribution >= 0.6 is 0 Å². The third-order valence-electron chi connectivity index (χ3n) is 3.79. The molecule has 0 aromatic heterocycles. The molecule has 5 nitrogen and oxygen atoms in total. The van der Waals surface area contributed by atoms with Crippen LogP contribution in [0, 0.1) is 5.41 Å². The molecule has 0 aliphatic heterocycles. The molecule has 0 spiro atoms. The molecule has 0 radical (unpaired) electrons.